The van der Waals surface area contributed by atoms with Crippen LogP contribution in [0.3, 0.4) is 0 Å². The Labute approximate surface area is 145 Å². The summed E-state index contributed by atoms with van der Waals surface area (Å²) in [6, 6.07) is 10.1. The summed E-state index contributed by atoms with van der Waals surface area (Å²) in [6.45, 7) is 2.20. The number of nitrogens with zero attached hydrogens (tertiary/aromatic N) is 4. The minimum absolute atomic E-state index is 0.0169. The van der Waals surface area contributed by atoms with Crippen LogP contribution in [0.4, 0.5) is 0 Å². The van der Waals surface area contributed by atoms with Crippen molar-refractivity contribution >= 4 is 10.0 Å². The molecule has 0 fully saturated rings. The number of hydrogen-bond donors (Lipinski definition) is 1. The van der Waals surface area contributed by atoms with Gasteiger partial charge < -0.3 is 4.74 Å². The Morgan fingerprint density at radius 3 is 2.80 bits per heavy atom. The van der Waals surface area contributed by atoms with E-state index < -0.39 is 10.0 Å². The van der Waals surface area contributed by atoms with E-state index in [-0.39, 0.29) is 11.4 Å². The average Bonchev–Trinajstić information content (AvgIpc) is 3.11. The first kappa shape index (κ1) is 17.1. The van der Waals surface area contributed by atoms with Crippen LogP contribution in [0.2, 0.25) is 0 Å². The second kappa shape index (κ2) is 7.41. The fourth-order valence-electron chi connectivity index (χ4n) is 2.19. The highest BCUT2D eigenvalue weighted by Gasteiger charge is 2.19. The van der Waals surface area contributed by atoms with Crippen LogP contribution in [0, 0.1) is 0 Å². The molecule has 1 aromatic carbocycles. The molecule has 0 aliphatic rings. The van der Waals surface area contributed by atoms with Crippen molar-refractivity contribution in [2.75, 3.05) is 6.61 Å². The van der Waals surface area contributed by atoms with E-state index in [4.69, 9.17) is 4.74 Å². The smallest absolute Gasteiger partial charge is 0.244 e. The molecule has 0 amide bonds. The predicted octanol–water partition coefficient (Wildman–Crippen LogP) is 1.54. The van der Waals surface area contributed by atoms with Crippen LogP contribution in [0.15, 0.2) is 59.9 Å². The van der Waals surface area contributed by atoms with Gasteiger partial charge in [-0.15, -0.1) is 5.10 Å². The lowest BCUT2D eigenvalue weighted by Crippen LogP contribution is -2.24. The second-order valence-corrected chi connectivity index (χ2v) is 6.81. The summed E-state index contributed by atoms with van der Waals surface area (Å²) in [5, 5.41) is 7.95. The van der Waals surface area contributed by atoms with E-state index >= 15 is 0 Å². The Bertz CT molecular complexity index is 941. The molecule has 8 nitrogen and oxygen atoms in total. The van der Waals surface area contributed by atoms with Gasteiger partial charge in [0.1, 0.15) is 10.6 Å². The van der Waals surface area contributed by atoms with Gasteiger partial charge in [-0.25, -0.2) is 17.8 Å². The predicted molar refractivity (Wildman–Crippen MR) is 90.8 cm³/mol. The molecule has 2 aromatic heterocycles. The van der Waals surface area contributed by atoms with Gasteiger partial charge in [0.2, 0.25) is 10.0 Å². The highest BCUT2D eigenvalue weighted by atomic mass is 32.2. The number of sulfonamides is 1. The molecule has 0 saturated carbocycles. The van der Waals surface area contributed by atoms with Crippen LogP contribution in [-0.2, 0) is 16.6 Å². The molecule has 25 heavy (non-hydrogen) atoms. The zero-order valence-corrected chi connectivity index (χ0v) is 14.3. The minimum Gasteiger partial charge on any atom is -0.492 e. The van der Waals surface area contributed by atoms with E-state index in [9.17, 15) is 8.42 Å². The molecule has 1 N–H and O–H groups in total. The van der Waals surface area contributed by atoms with Crippen LogP contribution in [0.25, 0.3) is 5.69 Å². The Kier molecular flexibility index (Phi) is 5.05. The molecule has 0 spiro atoms. The topological polar surface area (TPSA) is 99.0 Å². The SMILES string of the molecule is CCOc1ccccc1S(=O)(=O)NCc1cn(-c2cccnc2)nn1. The van der Waals surface area contributed by atoms with Gasteiger partial charge in [0.15, 0.2) is 0 Å². The van der Waals surface area contributed by atoms with Crippen molar-refractivity contribution in [2.24, 2.45) is 0 Å². The van der Waals surface area contributed by atoms with E-state index in [1.807, 2.05) is 6.07 Å². The molecule has 130 valence electrons. The average molecular weight is 359 g/mol. The fourth-order valence-corrected chi connectivity index (χ4v) is 3.33. The first-order valence-corrected chi connectivity index (χ1v) is 9.11. The third kappa shape index (κ3) is 4.01. The maximum absolute atomic E-state index is 12.5. The third-order valence-corrected chi connectivity index (χ3v) is 4.77. The number of nitrogens with one attached hydrogen (secondary N) is 1. The van der Waals surface area contributed by atoms with Crippen molar-refractivity contribution in [3.8, 4) is 11.4 Å². The van der Waals surface area contributed by atoms with Crippen molar-refractivity contribution in [3.05, 3.63) is 60.7 Å². The van der Waals surface area contributed by atoms with Gasteiger partial charge in [-0.2, -0.15) is 0 Å². The fraction of sp³-hybridized carbons (Fsp3) is 0.188. The van der Waals surface area contributed by atoms with Gasteiger partial charge in [0.05, 0.1) is 36.9 Å². The van der Waals surface area contributed by atoms with Crippen molar-refractivity contribution in [1.29, 1.82) is 0 Å². The number of benzene rings is 1. The summed E-state index contributed by atoms with van der Waals surface area (Å²) in [4.78, 5) is 4.10. The molecule has 3 aromatic rings. The monoisotopic (exact) mass is 359 g/mol. The van der Waals surface area contributed by atoms with Gasteiger partial charge >= 0.3 is 0 Å². The van der Waals surface area contributed by atoms with Gasteiger partial charge in [-0.3, -0.25) is 4.98 Å². The van der Waals surface area contributed by atoms with Crippen molar-refractivity contribution in [1.82, 2.24) is 24.7 Å². The maximum Gasteiger partial charge on any atom is 0.244 e. The Morgan fingerprint density at radius 1 is 1.20 bits per heavy atom. The van der Waals surface area contributed by atoms with Gasteiger partial charge in [0.25, 0.3) is 0 Å². The Morgan fingerprint density at radius 2 is 2.04 bits per heavy atom. The minimum atomic E-state index is -3.73. The Balaban J connectivity index is 1.74. The summed E-state index contributed by atoms with van der Waals surface area (Å²) < 4.78 is 34.5. The summed E-state index contributed by atoms with van der Waals surface area (Å²) in [7, 11) is -3.73. The van der Waals surface area contributed by atoms with Gasteiger partial charge in [0, 0.05) is 6.20 Å². The van der Waals surface area contributed by atoms with E-state index in [1.165, 1.54) is 10.7 Å². The number of rotatable bonds is 7. The molecular formula is C16H17N5O3S. The standard InChI is InChI=1S/C16H17N5O3S/c1-2-24-15-7-3-4-8-16(15)25(22,23)18-10-13-12-21(20-19-13)14-6-5-9-17-11-14/h3-9,11-12,18H,2,10H2,1H3. The van der Waals surface area contributed by atoms with Crippen LogP contribution in [0.5, 0.6) is 5.75 Å². The highest BCUT2D eigenvalue weighted by Crippen LogP contribution is 2.23. The molecule has 9 heteroatoms. The summed E-state index contributed by atoms with van der Waals surface area (Å²) in [6.07, 6.45) is 4.94. The molecule has 0 radical (unpaired) electrons. The van der Waals surface area contributed by atoms with Gasteiger partial charge in [-0.05, 0) is 31.2 Å². The maximum atomic E-state index is 12.5. The van der Waals surface area contributed by atoms with Crippen LogP contribution in [0.1, 0.15) is 12.6 Å². The number of aromatic nitrogens is 4. The first-order valence-electron chi connectivity index (χ1n) is 7.63. The van der Waals surface area contributed by atoms with E-state index in [1.54, 1.807) is 49.8 Å². The van der Waals surface area contributed by atoms with Crippen molar-refractivity contribution in [3.63, 3.8) is 0 Å². The number of pyridine rings is 1. The Hall–Kier alpha value is -2.78. The van der Waals surface area contributed by atoms with Gasteiger partial charge in [-0.1, -0.05) is 17.3 Å². The third-order valence-electron chi connectivity index (χ3n) is 3.33. The van der Waals surface area contributed by atoms with Crippen molar-refractivity contribution < 1.29 is 13.2 Å². The normalized spacial score (nSPS) is 11.4. The van der Waals surface area contributed by atoms with Crippen molar-refractivity contribution in [2.45, 2.75) is 18.4 Å². The zero-order chi connectivity index (χ0) is 17.7. The number of hydrogen-bond acceptors (Lipinski definition) is 6. The highest BCUT2D eigenvalue weighted by molar-refractivity contribution is 7.89. The molecule has 0 aliphatic carbocycles. The molecule has 0 saturated heterocycles. The van der Waals surface area contributed by atoms with E-state index in [0.29, 0.717) is 18.1 Å². The molecule has 3 rings (SSSR count). The number of para-hydroxylation sites is 1. The summed E-state index contributed by atoms with van der Waals surface area (Å²) in [5.41, 5.74) is 1.23. The molecule has 0 aliphatic heterocycles. The van der Waals surface area contributed by atoms with Crippen LogP contribution in [-0.4, -0.2) is 35.0 Å². The lowest BCUT2D eigenvalue weighted by molar-refractivity contribution is 0.331. The second-order valence-electron chi connectivity index (χ2n) is 5.07. The zero-order valence-electron chi connectivity index (χ0n) is 13.5. The molecule has 0 bridgehead atoms. The molecule has 0 atom stereocenters. The molecule has 2 heterocycles. The summed E-state index contributed by atoms with van der Waals surface area (Å²) in [5.74, 6) is 0.316. The molecular weight excluding hydrogens is 342 g/mol. The first-order chi connectivity index (χ1) is 12.1. The van der Waals surface area contributed by atoms with E-state index in [2.05, 4.69) is 20.0 Å². The number of ether oxygens (including phenoxy) is 1. The van der Waals surface area contributed by atoms with Crippen LogP contribution < -0.4 is 9.46 Å². The van der Waals surface area contributed by atoms with Crippen LogP contribution >= 0.6 is 0 Å². The largest absolute Gasteiger partial charge is 0.492 e. The lowest BCUT2D eigenvalue weighted by Gasteiger charge is -2.10. The summed E-state index contributed by atoms with van der Waals surface area (Å²) >= 11 is 0. The molecule has 0 unspecified atom stereocenters. The van der Waals surface area contributed by atoms with E-state index in [0.717, 1.165) is 5.69 Å². The quantitative estimate of drug-likeness (QED) is 0.687. The lowest BCUT2D eigenvalue weighted by atomic mass is 10.3.